The highest BCUT2D eigenvalue weighted by Crippen LogP contribution is 2.21. The van der Waals surface area contributed by atoms with Crippen molar-refractivity contribution in [3.05, 3.63) is 52.2 Å². The Morgan fingerprint density at radius 2 is 1.88 bits per heavy atom. The number of guanidine groups is 1. The highest BCUT2D eigenvalue weighted by molar-refractivity contribution is 5.75. The van der Waals surface area contributed by atoms with Gasteiger partial charge in [0.2, 0.25) is 0 Å². The van der Waals surface area contributed by atoms with Crippen LogP contribution in [-0.4, -0.2) is 97.1 Å². The normalized spacial score (nSPS) is 17.2. The van der Waals surface area contributed by atoms with Gasteiger partial charge >= 0.3 is 6.03 Å². The molecule has 1 fully saturated rings. The quantitative estimate of drug-likeness (QED) is 0.0834. The zero-order valence-electron chi connectivity index (χ0n) is 30.6. The summed E-state index contributed by atoms with van der Waals surface area (Å²) in [6, 6.07) is 8.01. The first-order valence-corrected chi connectivity index (χ1v) is 17.1. The Morgan fingerprint density at radius 3 is 2.45 bits per heavy atom. The number of nitrogens with two attached hydrogens (primary N) is 3. The smallest absolute Gasteiger partial charge is 0.315 e. The summed E-state index contributed by atoms with van der Waals surface area (Å²) in [7, 11) is 0. The van der Waals surface area contributed by atoms with E-state index < -0.39 is 6.67 Å². The third kappa shape index (κ3) is 16.1. The molecular weight excluding hydrogens is 627 g/mol. The Kier molecular flexibility index (Phi) is 17.1. The number of rotatable bonds is 15. The van der Waals surface area contributed by atoms with Gasteiger partial charge in [0.05, 0.1) is 18.8 Å². The van der Waals surface area contributed by atoms with Crippen LogP contribution in [0.4, 0.5) is 9.18 Å². The molecule has 1 aromatic carbocycles. The average Bonchev–Trinajstić information content (AvgIpc) is 3.38. The summed E-state index contributed by atoms with van der Waals surface area (Å²) < 4.78 is 17.6. The lowest BCUT2D eigenvalue weighted by atomic mass is 9.95. The van der Waals surface area contributed by atoms with Crippen LogP contribution in [0.2, 0.25) is 0 Å². The Morgan fingerprint density at radius 1 is 1.18 bits per heavy atom. The summed E-state index contributed by atoms with van der Waals surface area (Å²) in [5.74, 6) is 1.19. The highest BCUT2D eigenvalue weighted by atomic mass is 19.1. The third-order valence-corrected chi connectivity index (χ3v) is 7.74. The number of H-pyrrole nitrogens is 1. The van der Waals surface area contributed by atoms with E-state index in [2.05, 4.69) is 42.7 Å². The molecule has 0 bridgehead atoms. The van der Waals surface area contributed by atoms with E-state index in [1.807, 2.05) is 65.8 Å². The van der Waals surface area contributed by atoms with Crippen molar-refractivity contribution in [3.8, 4) is 11.1 Å². The van der Waals surface area contributed by atoms with Gasteiger partial charge < -0.3 is 42.9 Å². The molecule has 0 radical (unpaired) electrons. The van der Waals surface area contributed by atoms with Gasteiger partial charge in [-0.3, -0.25) is 14.7 Å². The minimum Gasteiger partial charge on any atom is -0.377 e. The van der Waals surface area contributed by atoms with Crippen molar-refractivity contribution in [2.45, 2.75) is 90.9 Å². The first kappa shape index (κ1) is 41.6. The average molecular weight is 689 g/mol. The number of urea groups is 1. The number of likely N-dealkylation sites (tertiary alicyclic amines) is 1. The predicted octanol–water partition coefficient (Wildman–Crippen LogP) is 2.60. The number of aliphatic imine (C=N–C) groups is 1. The molecular formula is C35H61FN10O3. The van der Waals surface area contributed by atoms with Crippen LogP contribution in [0.15, 0.2) is 40.2 Å². The molecule has 1 saturated heterocycles. The van der Waals surface area contributed by atoms with Crippen molar-refractivity contribution < 1.29 is 13.9 Å². The van der Waals surface area contributed by atoms with E-state index in [-0.39, 0.29) is 47.2 Å². The molecule has 1 aromatic heterocycles. The van der Waals surface area contributed by atoms with Crippen molar-refractivity contribution >= 4 is 12.0 Å². The monoisotopic (exact) mass is 688 g/mol. The van der Waals surface area contributed by atoms with Gasteiger partial charge in [-0.15, -0.1) is 0 Å². The fourth-order valence-electron chi connectivity index (χ4n) is 5.23. The molecule has 0 aliphatic carbocycles. The van der Waals surface area contributed by atoms with Gasteiger partial charge in [0, 0.05) is 55.4 Å². The number of carbonyl (C=O) groups is 1. The topological polar surface area (TPSA) is 202 Å². The summed E-state index contributed by atoms with van der Waals surface area (Å²) >= 11 is 0. The molecule has 1 aliphatic rings. The zero-order valence-corrected chi connectivity index (χ0v) is 30.6. The summed E-state index contributed by atoms with van der Waals surface area (Å²) in [5.41, 5.74) is 18.3. The number of hydrogen-bond donors (Lipinski definition) is 7. The number of benzene rings is 1. The number of nitrogens with one attached hydrogen (secondary N) is 4. The molecule has 13 nitrogen and oxygen atoms in total. The van der Waals surface area contributed by atoms with Crippen LogP contribution in [0.3, 0.4) is 0 Å². The van der Waals surface area contributed by atoms with Crippen LogP contribution in [0.25, 0.3) is 11.1 Å². The second-order valence-corrected chi connectivity index (χ2v) is 14.8. The van der Waals surface area contributed by atoms with Crippen molar-refractivity contribution in [3.63, 3.8) is 0 Å². The molecule has 276 valence electrons. The van der Waals surface area contributed by atoms with Gasteiger partial charge in [-0.05, 0) is 63.7 Å². The molecule has 14 heteroatoms. The van der Waals surface area contributed by atoms with Crippen LogP contribution in [0.5, 0.6) is 0 Å². The SMILES string of the molecule is CC(C)(C)c1ncc(-c2ccc(CNCCCN=C(N)N)cc2)c(=O)[nH]1.C[C@@H](CN)CN1C[C@H](NC(=O)NC(C)(C)C)C[C@H]1COCCF. The number of amides is 2. The van der Waals surface area contributed by atoms with E-state index in [4.69, 9.17) is 21.9 Å². The molecule has 3 atom stereocenters. The lowest BCUT2D eigenvalue weighted by molar-refractivity contribution is 0.0646. The first-order chi connectivity index (χ1) is 23.0. The largest absolute Gasteiger partial charge is 0.377 e. The number of aromatic nitrogens is 2. The maximum atomic E-state index is 12.4. The summed E-state index contributed by atoms with van der Waals surface area (Å²) in [6.07, 6.45) is 3.33. The number of alkyl halides is 1. The van der Waals surface area contributed by atoms with Gasteiger partial charge in [-0.1, -0.05) is 52.0 Å². The van der Waals surface area contributed by atoms with E-state index in [0.717, 1.165) is 50.1 Å². The van der Waals surface area contributed by atoms with Gasteiger partial charge in [0.1, 0.15) is 12.5 Å². The van der Waals surface area contributed by atoms with Crippen LogP contribution < -0.4 is 38.7 Å². The second kappa shape index (κ2) is 20.2. The Labute approximate surface area is 291 Å². The Bertz CT molecular complexity index is 1350. The second-order valence-electron chi connectivity index (χ2n) is 14.8. The van der Waals surface area contributed by atoms with Crippen molar-refractivity contribution in [2.24, 2.45) is 28.1 Å². The van der Waals surface area contributed by atoms with E-state index in [0.29, 0.717) is 37.0 Å². The molecule has 0 saturated carbocycles. The Hall–Kier alpha value is -3.59. The fourth-order valence-corrected chi connectivity index (χ4v) is 5.23. The van der Waals surface area contributed by atoms with Crippen LogP contribution in [0.1, 0.15) is 72.7 Å². The minimum atomic E-state index is -0.471. The third-order valence-electron chi connectivity index (χ3n) is 7.74. The summed E-state index contributed by atoms with van der Waals surface area (Å²) in [6.45, 7) is 18.6. The Balaban J connectivity index is 0.000000343. The number of hydrogen-bond acceptors (Lipinski definition) is 8. The lowest BCUT2D eigenvalue weighted by Gasteiger charge is -2.26. The van der Waals surface area contributed by atoms with Crippen LogP contribution in [0, 0.1) is 5.92 Å². The highest BCUT2D eigenvalue weighted by Gasteiger charge is 2.34. The number of aromatic amines is 1. The molecule has 0 unspecified atom stereocenters. The van der Waals surface area contributed by atoms with Crippen LogP contribution >= 0.6 is 0 Å². The summed E-state index contributed by atoms with van der Waals surface area (Å²) in [4.78, 5) is 37.9. The van der Waals surface area contributed by atoms with E-state index in [1.165, 1.54) is 0 Å². The molecule has 2 amide bonds. The fraction of sp³-hybridized carbons (Fsp3) is 0.657. The maximum absolute atomic E-state index is 12.4. The summed E-state index contributed by atoms with van der Waals surface area (Å²) in [5, 5.41) is 9.27. The zero-order chi connectivity index (χ0) is 36.6. The van der Waals surface area contributed by atoms with Gasteiger partial charge in [0.15, 0.2) is 5.96 Å². The number of ether oxygens (including phenoxy) is 1. The van der Waals surface area contributed by atoms with E-state index in [9.17, 15) is 14.0 Å². The minimum absolute atomic E-state index is 0.0706. The van der Waals surface area contributed by atoms with Gasteiger partial charge in [-0.2, -0.15) is 0 Å². The molecule has 3 rings (SSSR count). The van der Waals surface area contributed by atoms with Crippen molar-refractivity contribution in [1.82, 2.24) is 30.8 Å². The maximum Gasteiger partial charge on any atom is 0.315 e. The molecule has 10 N–H and O–H groups in total. The van der Waals surface area contributed by atoms with Crippen LogP contribution in [-0.2, 0) is 16.7 Å². The lowest BCUT2D eigenvalue weighted by Crippen LogP contribution is -2.50. The molecule has 2 heterocycles. The van der Waals surface area contributed by atoms with Crippen molar-refractivity contribution in [1.29, 1.82) is 0 Å². The van der Waals surface area contributed by atoms with Gasteiger partial charge in [0.25, 0.3) is 5.56 Å². The van der Waals surface area contributed by atoms with Crippen molar-refractivity contribution in [2.75, 3.05) is 52.6 Å². The molecule has 49 heavy (non-hydrogen) atoms. The molecule has 1 aliphatic heterocycles. The first-order valence-electron chi connectivity index (χ1n) is 17.1. The van der Waals surface area contributed by atoms with E-state index >= 15 is 0 Å². The van der Waals surface area contributed by atoms with Gasteiger partial charge in [-0.25, -0.2) is 14.2 Å². The number of carbonyl (C=O) groups excluding carboxylic acids is 1. The standard InChI is InChI=1S/C19H28N6O.C16H33FN4O2/c1-19(2,3)17-24-12-15(16(26)25-17)14-7-5-13(6-8-14)11-22-9-4-10-23-18(20)21;1-12(8-18)9-21-10-13(7-14(21)11-23-6-5-17)19-15(22)20-16(2,3)4/h5-8,12,22H,4,9-11H2,1-3H3,(H4,20,21,23)(H,24,25,26);12-14H,5-11,18H2,1-4H3,(H2,19,20,22)/t;12-,13+,14-/m.0/s1. The predicted molar refractivity (Wildman–Crippen MR) is 196 cm³/mol. The number of nitrogens with zero attached hydrogens (tertiary/aromatic N) is 3. The number of halogens is 1. The molecule has 2 aromatic rings. The molecule has 0 spiro atoms. The van der Waals surface area contributed by atoms with E-state index in [1.54, 1.807) is 6.20 Å².